The molecule has 86 valence electrons. The summed E-state index contributed by atoms with van der Waals surface area (Å²) in [5.41, 5.74) is -0.00273. The summed E-state index contributed by atoms with van der Waals surface area (Å²) in [5, 5.41) is 0. The smallest absolute Gasteiger partial charge is 0.422 e. The molecule has 0 saturated carbocycles. The minimum Gasteiger partial charge on any atom is -0.440 e. The van der Waals surface area contributed by atoms with Crippen LogP contribution in [0.3, 0.4) is 0 Å². The fraction of sp³-hybridized carbons (Fsp3) is 0.875. The Morgan fingerprint density at radius 3 is 2.40 bits per heavy atom. The number of carbonyl (C=O) groups is 1. The molecule has 0 unspecified atom stereocenters. The zero-order valence-electron chi connectivity index (χ0n) is 7.84. The van der Waals surface area contributed by atoms with Crippen molar-refractivity contribution >= 4 is 6.09 Å². The maximum atomic E-state index is 11.7. The van der Waals surface area contributed by atoms with Crippen LogP contribution in [0.5, 0.6) is 0 Å². The van der Waals surface area contributed by atoms with Gasteiger partial charge < -0.3 is 14.4 Å². The second-order valence-corrected chi connectivity index (χ2v) is 4.02. The predicted molar refractivity (Wildman–Crippen MR) is 42.2 cm³/mol. The molecule has 2 fully saturated rings. The van der Waals surface area contributed by atoms with Gasteiger partial charge in [0.15, 0.2) is 6.61 Å². The lowest BCUT2D eigenvalue weighted by molar-refractivity contribution is -0.190. The van der Waals surface area contributed by atoms with E-state index in [2.05, 4.69) is 4.74 Å². The molecule has 2 aliphatic heterocycles. The summed E-state index contributed by atoms with van der Waals surface area (Å²) in [4.78, 5) is 12.3. The highest BCUT2D eigenvalue weighted by Crippen LogP contribution is 2.37. The monoisotopic (exact) mass is 225 g/mol. The first-order valence-corrected chi connectivity index (χ1v) is 4.47. The number of halogens is 3. The Morgan fingerprint density at radius 2 is 2.00 bits per heavy atom. The van der Waals surface area contributed by atoms with Gasteiger partial charge in [-0.1, -0.05) is 0 Å². The SMILES string of the molecule is O=C(OCC(F)(F)F)N1CC2(COC2)C1. The van der Waals surface area contributed by atoms with Crippen molar-refractivity contribution in [3.63, 3.8) is 0 Å². The minimum atomic E-state index is -4.46. The van der Waals surface area contributed by atoms with Crippen LogP contribution >= 0.6 is 0 Å². The van der Waals surface area contributed by atoms with Gasteiger partial charge in [-0.05, 0) is 0 Å². The summed E-state index contributed by atoms with van der Waals surface area (Å²) >= 11 is 0. The molecule has 2 saturated heterocycles. The number of carbonyl (C=O) groups excluding carboxylic acids is 1. The zero-order chi connectivity index (χ0) is 11.1. The number of hydrogen-bond donors (Lipinski definition) is 0. The Morgan fingerprint density at radius 1 is 1.40 bits per heavy atom. The van der Waals surface area contributed by atoms with Crippen LogP contribution in [0.25, 0.3) is 0 Å². The third-order valence-electron chi connectivity index (χ3n) is 2.49. The van der Waals surface area contributed by atoms with E-state index in [9.17, 15) is 18.0 Å². The van der Waals surface area contributed by atoms with E-state index in [1.54, 1.807) is 0 Å². The van der Waals surface area contributed by atoms with E-state index in [1.165, 1.54) is 4.90 Å². The molecule has 2 aliphatic rings. The van der Waals surface area contributed by atoms with Gasteiger partial charge >= 0.3 is 12.3 Å². The van der Waals surface area contributed by atoms with E-state index in [1.807, 2.05) is 0 Å². The summed E-state index contributed by atoms with van der Waals surface area (Å²) in [6.07, 6.45) is -5.36. The molecular weight excluding hydrogens is 215 g/mol. The van der Waals surface area contributed by atoms with Gasteiger partial charge in [0.2, 0.25) is 0 Å². The molecule has 15 heavy (non-hydrogen) atoms. The van der Waals surface area contributed by atoms with Crippen LogP contribution in [0.2, 0.25) is 0 Å². The third kappa shape index (κ3) is 2.17. The van der Waals surface area contributed by atoms with Crippen LogP contribution in [0, 0.1) is 5.41 Å². The van der Waals surface area contributed by atoms with Crippen molar-refractivity contribution in [1.82, 2.24) is 4.90 Å². The molecule has 0 N–H and O–H groups in total. The average molecular weight is 225 g/mol. The largest absolute Gasteiger partial charge is 0.440 e. The molecule has 7 heteroatoms. The number of ether oxygens (including phenoxy) is 2. The van der Waals surface area contributed by atoms with Crippen molar-refractivity contribution in [2.24, 2.45) is 5.41 Å². The van der Waals surface area contributed by atoms with E-state index >= 15 is 0 Å². The molecule has 0 bridgehead atoms. The fourth-order valence-electron chi connectivity index (χ4n) is 1.70. The second kappa shape index (κ2) is 3.26. The van der Waals surface area contributed by atoms with Gasteiger partial charge in [-0.3, -0.25) is 0 Å². The van der Waals surface area contributed by atoms with Crippen molar-refractivity contribution in [2.75, 3.05) is 32.9 Å². The van der Waals surface area contributed by atoms with Gasteiger partial charge in [-0.25, -0.2) is 4.79 Å². The number of likely N-dealkylation sites (tertiary alicyclic amines) is 1. The summed E-state index contributed by atoms with van der Waals surface area (Å²) < 4.78 is 44.2. The highest BCUT2D eigenvalue weighted by molar-refractivity contribution is 5.69. The Balaban J connectivity index is 1.70. The van der Waals surface area contributed by atoms with Crippen LogP contribution in [0.15, 0.2) is 0 Å². The predicted octanol–water partition coefficient (Wildman–Crippen LogP) is 1.02. The van der Waals surface area contributed by atoms with E-state index in [-0.39, 0.29) is 5.41 Å². The van der Waals surface area contributed by atoms with E-state index in [4.69, 9.17) is 4.74 Å². The van der Waals surface area contributed by atoms with E-state index in [0.717, 1.165) is 0 Å². The van der Waals surface area contributed by atoms with Crippen molar-refractivity contribution in [1.29, 1.82) is 0 Å². The van der Waals surface area contributed by atoms with E-state index < -0.39 is 18.9 Å². The van der Waals surface area contributed by atoms with Crippen LogP contribution < -0.4 is 0 Å². The van der Waals surface area contributed by atoms with Gasteiger partial charge in [0.1, 0.15) is 0 Å². The fourth-order valence-corrected chi connectivity index (χ4v) is 1.70. The highest BCUT2D eigenvalue weighted by atomic mass is 19.4. The van der Waals surface area contributed by atoms with Crippen molar-refractivity contribution in [2.45, 2.75) is 6.18 Å². The normalized spacial score (nSPS) is 23.3. The molecule has 0 aromatic heterocycles. The van der Waals surface area contributed by atoms with Gasteiger partial charge in [-0.2, -0.15) is 13.2 Å². The second-order valence-electron chi connectivity index (χ2n) is 4.02. The maximum absolute atomic E-state index is 11.7. The number of alkyl halides is 3. The summed E-state index contributed by atoms with van der Waals surface area (Å²) in [6.45, 7) is 0.505. The molecule has 2 rings (SSSR count). The lowest BCUT2D eigenvalue weighted by atomic mass is 9.78. The number of nitrogens with zero attached hydrogens (tertiary/aromatic N) is 1. The molecule has 0 aromatic carbocycles. The molecule has 1 amide bonds. The third-order valence-corrected chi connectivity index (χ3v) is 2.49. The summed E-state index contributed by atoms with van der Waals surface area (Å²) in [5.74, 6) is 0. The molecular formula is C8H10F3NO3. The van der Waals surface area contributed by atoms with Crippen LogP contribution in [-0.4, -0.2) is 50.1 Å². The van der Waals surface area contributed by atoms with Crippen LogP contribution in [0.1, 0.15) is 0 Å². The first-order valence-electron chi connectivity index (χ1n) is 4.47. The average Bonchev–Trinajstić information content (AvgIpc) is 1.93. The standard InChI is InChI=1S/C8H10F3NO3/c9-8(10,11)5-15-6(13)12-1-7(2-12)3-14-4-7/h1-5H2. The lowest BCUT2D eigenvalue weighted by Gasteiger charge is -2.54. The summed E-state index contributed by atoms with van der Waals surface area (Å²) in [6, 6.07) is 0. The Kier molecular flexibility index (Phi) is 2.29. The zero-order valence-corrected chi connectivity index (χ0v) is 7.84. The number of amides is 1. The van der Waals surface area contributed by atoms with Gasteiger partial charge in [0.05, 0.1) is 18.6 Å². The Bertz CT molecular complexity index is 267. The quantitative estimate of drug-likeness (QED) is 0.668. The number of hydrogen-bond acceptors (Lipinski definition) is 3. The molecule has 4 nitrogen and oxygen atoms in total. The van der Waals surface area contributed by atoms with Gasteiger partial charge in [0, 0.05) is 13.1 Å². The molecule has 0 atom stereocenters. The summed E-state index contributed by atoms with van der Waals surface area (Å²) in [7, 11) is 0. The van der Waals surface area contributed by atoms with Gasteiger partial charge in [0.25, 0.3) is 0 Å². The Labute approximate surface area is 83.9 Å². The molecule has 0 aromatic rings. The number of rotatable bonds is 1. The first kappa shape index (κ1) is 10.5. The van der Waals surface area contributed by atoms with Crippen LogP contribution in [-0.2, 0) is 9.47 Å². The van der Waals surface area contributed by atoms with Crippen LogP contribution in [0.4, 0.5) is 18.0 Å². The van der Waals surface area contributed by atoms with Crippen molar-refractivity contribution < 1.29 is 27.4 Å². The molecule has 1 spiro atoms. The van der Waals surface area contributed by atoms with Crippen molar-refractivity contribution in [3.8, 4) is 0 Å². The molecule has 0 radical (unpaired) electrons. The van der Waals surface area contributed by atoms with Crippen molar-refractivity contribution in [3.05, 3.63) is 0 Å². The minimum absolute atomic E-state index is 0.00273. The highest BCUT2D eigenvalue weighted by Gasteiger charge is 2.51. The Hall–Kier alpha value is -0.980. The molecule has 0 aliphatic carbocycles. The topological polar surface area (TPSA) is 38.8 Å². The van der Waals surface area contributed by atoms with Gasteiger partial charge in [-0.15, -0.1) is 0 Å². The lowest BCUT2D eigenvalue weighted by Crippen LogP contribution is -2.67. The van der Waals surface area contributed by atoms with E-state index in [0.29, 0.717) is 26.3 Å². The first-order chi connectivity index (χ1) is 6.90. The maximum Gasteiger partial charge on any atom is 0.422 e. The molecule has 2 heterocycles.